The summed E-state index contributed by atoms with van der Waals surface area (Å²) >= 11 is 0. The van der Waals surface area contributed by atoms with Gasteiger partial charge in [-0.1, -0.05) is 0 Å². The average Bonchev–Trinajstić information content (AvgIpc) is 3.00. The van der Waals surface area contributed by atoms with E-state index >= 15 is 0 Å². The van der Waals surface area contributed by atoms with Crippen molar-refractivity contribution < 1.29 is 9.84 Å². The van der Waals surface area contributed by atoms with E-state index in [0.717, 1.165) is 43.8 Å². The van der Waals surface area contributed by atoms with Crippen LogP contribution in [-0.2, 0) is 10.3 Å². The number of aliphatic imine (C=N–C) groups is 1. The van der Waals surface area contributed by atoms with Crippen molar-refractivity contribution >= 4 is 11.9 Å². The molecule has 0 radical (unpaired) electrons. The van der Waals surface area contributed by atoms with Crippen molar-refractivity contribution in [2.45, 2.75) is 38.4 Å². The Morgan fingerprint density at radius 2 is 2.27 bits per heavy atom. The molecule has 1 N–H and O–H groups in total. The summed E-state index contributed by atoms with van der Waals surface area (Å²) in [6, 6.07) is 3.81. The predicted molar refractivity (Wildman–Crippen MR) is 86.5 cm³/mol. The fourth-order valence-corrected chi connectivity index (χ4v) is 2.74. The molecule has 0 unspecified atom stereocenters. The molecule has 0 bridgehead atoms. The van der Waals surface area contributed by atoms with Gasteiger partial charge in [0.05, 0.1) is 24.0 Å². The Bertz CT molecular complexity index is 567. The van der Waals surface area contributed by atoms with Crippen LogP contribution in [0.5, 0.6) is 0 Å². The van der Waals surface area contributed by atoms with Crippen molar-refractivity contribution in [1.29, 1.82) is 0 Å². The first-order chi connectivity index (χ1) is 10.5. The van der Waals surface area contributed by atoms with Crippen LogP contribution in [0.4, 0.5) is 0 Å². The first-order valence-corrected chi connectivity index (χ1v) is 7.82. The molecule has 5 nitrogen and oxygen atoms in total. The number of aliphatic hydroxyl groups is 1. The second-order valence-corrected chi connectivity index (χ2v) is 6.41. The molecule has 5 heteroatoms. The van der Waals surface area contributed by atoms with E-state index in [2.05, 4.69) is 21.1 Å². The molecule has 22 heavy (non-hydrogen) atoms. The first kappa shape index (κ1) is 15.2. The largest absolute Gasteiger partial charge is 0.384 e. The van der Waals surface area contributed by atoms with Gasteiger partial charge in [-0.3, -0.25) is 9.98 Å². The highest BCUT2D eigenvalue weighted by molar-refractivity contribution is 5.76. The zero-order valence-electron chi connectivity index (χ0n) is 13.2. The van der Waals surface area contributed by atoms with Crippen LogP contribution in [0.3, 0.4) is 0 Å². The fraction of sp³-hybridized carbons (Fsp3) is 0.529. The van der Waals surface area contributed by atoms with Crippen LogP contribution < -0.4 is 0 Å². The number of nitrogens with zero attached hydrogens (tertiary/aromatic N) is 3. The molecule has 0 amide bonds. The molecule has 1 saturated heterocycles. The lowest BCUT2D eigenvalue weighted by molar-refractivity contribution is 0.0738. The van der Waals surface area contributed by atoms with Gasteiger partial charge in [0.2, 0.25) is 0 Å². The summed E-state index contributed by atoms with van der Waals surface area (Å²) in [6.07, 6.45) is 8.40. The minimum Gasteiger partial charge on any atom is -0.384 e. The first-order valence-electron chi connectivity index (χ1n) is 7.82. The average molecular weight is 301 g/mol. The molecular weight excluding hydrogens is 278 g/mol. The molecule has 1 fully saturated rings. The van der Waals surface area contributed by atoms with Gasteiger partial charge in [0.15, 0.2) is 0 Å². The van der Waals surface area contributed by atoms with Crippen LogP contribution in [-0.4, -0.2) is 47.0 Å². The van der Waals surface area contributed by atoms with Crippen molar-refractivity contribution in [2.24, 2.45) is 4.99 Å². The maximum absolute atomic E-state index is 9.96. The normalized spacial score (nSPS) is 22.0. The summed E-state index contributed by atoms with van der Waals surface area (Å²) in [7, 11) is 0. The van der Waals surface area contributed by atoms with Gasteiger partial charge in [-0.15, -0.1) is 0 Å². The molecule has 3 heterocycles. The Morgan fingerprint density at radius 3 is 2.91 bits per heavy atom. The maximum Gasteiger partial charge on any atom is 0.101 e. The van der Waals surface area contributed by atoms with Crippen molar-refractivity contribution in [3.8, 4) is 0 Å². The van der Waals surface area contributed by atoms with Gasteiger partial charge in [0.25, 0.3) is 0 Å². The Labute approximate surface area is 131 Å². The molecule has 2 aliphatic heterocycles. The van der Waals surface area contributed by atoms with Gasteiger partial charge in [-0.25, -0.2) is 0 Å². The van der Waals surface area contributed by atoms with Gasteiger partial charge in [0.1, 0.15) is 5.60 Å². The highest BCUT2D eigenvalue weighted by Gasteiger charge is 2.20. The van der Waals surface area contributed by atoms with Gasteiger partial charge >= 0.3 is 0 Å². The molecule has 0 aromatic carbocycles. The number of hydrogen-bond donors (Lipinski definition) is 1. The van der Waals surface area contributed by atoms with Gasteiger partial charge < -0.3 is 14.7 Å². The fourth-order valence-electron chi connectivity index (χ4n) is 2.74. The quantitative estimate of drug-likeness (QED) is 0.926. The van der Waals surface area contributed by atoms with E-state index in [0.29, 0.717) is 11.8 Å². The lowest BCUT2D eigenvalue weighted by Gasteiger charge is -2.25. The molecule has 3 rings (SSSR count). The van der Waals surface area contributed by atoms with E-state index in [-0.39, 0.29) is 0 Å². The summed E-state index contributed by atoms with van der Waals surface area (Å²) < 4.78 is 5.69. The SMILES string of the molecule is CC(C)(O)c1ccc(C2=CN(C[C@H]3CCCO3)CC=N2)cn1. The third kappa shape index (κ3) is 3.54. The summed E-state index contributed by atoms with van der Waals surface area (Å²) in [6.45, 7) is 6.07. The van der Waals surface area contributed by atoms with Crippen molar-refractivity contribution in [2.75, 3.05) is 19.7 Å². The van der Waals surface area contributed by atoms with E-state index in [9.17, 15) is 5.11 Å². The summed E-state index contributed by atoms with van der Waals surface area (Å²) in [5.74, 6) is 0. The number of aromatic nitrogens is 1. The van der Waals surface area contributed by atoms with Crippen molar-refractivity contribution in [3.05, 3.63) is 35.8 Å². The van der Waals surface area contributed by atoms with E-state index in [1.54, 1.807) is 20.0 Å². The van der Waals surface area contributed by atoms with Crippen LogP contribution in [0.25, 0.3) is 5.70 Å². The van der Waals surface area contributed by atoms with Gasteiger partial charge in [-0.05, 0) is 38.8 Å². The van der Waals surface area contributed by atoms with E-state index in [1.807, 2.05) is 18.3 Å². The molecular formula is C17H23N3O2. The molecule has 1 aromatic rings. The number of pyridine rings is 1. The molecule has 0 aliphatic carbocycles. The number of hydrogen-bond acceptors (Lipinski definition) is 5. The third-order valence-electron chi connectivity index (χ3n) is 4.00. The van der Waals surface area contributed by atoms with Crippen LogP contribution >= 0.6 is 0 Å². The van der Waals surface area contributed by atoms with E-state index in [1.165, 1.54) is 0 Å². The number of ether oxygens (including phenoxy) is 1. The second kappa shape index (κ2) is 6.18. The smallest absolute Gasteiger partial charge is 0.101 e. The summed E-state index contributed by atoms with van der Waals surface area (Å²) in [4.78, 5) is 11.1. The van der Waals surface area contributed by atoms with Crippen molar-refractivity contribution in [3.63, 3.8) is 0 Å². The predicted octanol–water partition coefficient (Wildman–Crippen LogP) is 2.17. The lowest BCUT2D eigenvalue weighted by Crippen LogP contribution is -2.31. The molecule has 0 saturated carbocycles. The van der Waals surface area contributed by atoms with Crippen molar-refractivity contribution in [1.82, 2.24) is 9.88 Å². The molecule has 1 aromatic heterocycles. The minimum atomic E-state index is -0.922. The van der Waals surface area contributed by atoms with E-state index < -0.39 is 5.60 Å². The topological polar surface area (TPSA) is 58.0 Å². The molecule has 1 atom stereocenters. The van der Waals surface area contributed by atoms with E-state index in [4.69, 9.17) is 4.74 Å². The highest BCUT2D eigenvalue weighted by Crippen LogP contribution is 2.23. The maximum atomic E-state index is 9.96. The summed E-state index contributed by atoms with van der Waals surface area (Å²) in [5, 5.41) is 9.96. The highest BCUT2D eigenvalue weighted by atomic mass is 16.5. The zero-order valence-corrected chi connectivity index (χ0v) is 13.2. The van der Waals surface area contributed by atoms with Crippen LogP contribution in [0.15, 0.2) is 29.5 Å². The molecule has 0 spiro atoms. The monoisotopic (exact) mass is 301 g/mol. The minimum absolute atomic E-state index is 0.333. The molecule has 2 aliphatic rings. The van der Waals surface area contributed by atoms with Crippen LogP contribution in [0.1, 0.15) is 37.9 Å². The van der Waals surface area contributed by atoms with Gasteiger partial charge in [-0.2, -0.15) is 0 Å². The Morgan fingerprint density at radius 1 is 1.41 bits per heavy atom. The zero-order chi connectivity index (χ0) is 15.6. The lowest BCUT2D eigenvalue weighted by atomic mass is 10.0. The van der Waals surface area contributed by atoms with Crippen LogP contribution in [0, 0.1) is 0 Å². The Balaban J connectivity index is 1.72. The van der Waals surface area contributed by atoms with Gasteiger partial charge in [0, 0.05) is 37.3 Å². The van der Waals surface area contributed by atoms with Crippen LogP contribution in [0.2, 0.25) is 0 Å². The Hall–Kier alpha value is -1.72. The molecule has 118 valence electrons. The second-order valence-electron chi connectivity index (χ2n) is 6.41. The standard InChI is InChI=1S/C17H23N3O2/c1-17(2,21)16-6-5-13(10-19-16)15-12-20(8-7-18-15)11-14-4-3-9-22-14/h5-7,10,12,14,21H,3-4,8-9,11H2,1-2H3/t14-/m1/s1. The number of rotatable bonds is 4. The third-order valence-corrected chi connectivity index (χ3v) is 4.00. The summed E-state index contributed by atoms with van der Waals surface area (Å²) in [5.41, 5.74) is 1.60. The Kier molecular flexibility index (Phi) is 4.27.